The number of anilines is 2. The van der Waals surface area contributed by atoms with Crippen LogP contribution in [0.25, 0.3) is 5.69 Å². The SMILES string of the molecule is N#CCCCn1ncn(-c2ccc(N3CCN(c4ccc(OC[C@@H]5CO[C@@](Cn6ccnc6)(c6ccc(Cl)cc6Cl)O5)cc4)CC3)cc2)c1=O. The first kappa shape index (κ1) is 33.7. The van der Waals surface area contributed by atoms with E-state index >= 15 is 0 Å². The molecule has 4 heterocycles. The summed E-state index contributed by atoms with van der Waals surface area (Å²) in [5.41, 5.74) is 3.50. The van der Waals surface area contributed by atoms with Gasteiger partial charge in [-0.05, 0) is 67.1 Å². The second kappa shape index (κ2) is 15.0. The third-order valence-corrected chi connectivity index (χ3v) is 9.50. The molecule has 2 aliphatic heterocycles. The van der Waals surface area contributed by atoms with E-state index < -0.39 is 5.79 Å². The van der Waals surface area contributed by atoms with Crippen LogP contribution in [-0.4, -0.2) is 69.4 Å². The van der Waals surface area contributed by atoms with E-state index in [1.165, 1.54) is 15.6 Å². The number of hydrogen-bond donors (Lipinski definition) is 0. The van der Waals surface area contributed by atoms with Crippen molar-refractivity contribution in [3.8, 4) is 17.5 Å². The van der Waals surface area contributed by atoms with E-state index in [4.69, 9.17) is 42.7 Å². The minimum absolute atomic E-state index is 0.204. The van der Waals surface area contributed by atoms with Gasteiger partial charge in [0.1, 0.15) is 24.8 Å². The molecule has 2 aromatic heterocycles. The van der Waals surface area contributed by atoms with Crippen LogP contribution in [0.5, 0.6) is 5.75 Å². The van der Waals surface area contributed by atoms with Gasteiger partial charge in [0.25, 0.3) is 0 Å². The Bertz CT molecular complexity index is 1980. The summed E-state index contributed by atoms with van der Waals surface area (Å²) >= 11 is 12.8. The molecule has 0 unspecified atom stereocenters. The van der Waals surface area contributed by atoms with Crippen molar-refractivity contribution in [3.63, 3.8) is 0 Å². The largest absolute Gasteiger partial charge is 0.491 e. The van der Waals surface area contributed by atoms with E-state index in [0.717, 1.165) is 49.0 Å². The molecule has 0 radical (unpaired) electrons. The number of ether oxygens (including phenoxy) is 3. The van der Waals surface area contributed by atoms with Gasteiger partial charge < -0.3 is 28.6 Å². The van der Waals surface area contributed by atoms with Crippen molar-refractivity contribution < 1.29 is 14.2 Å². The molecule has 3 aromatic carbocycles. The summed E-state index contributed by atoms with van der Waals surface area (Å²) in [4.78, 5) is 21.6. The molecular formula is C36H36Cl2N8O4. The molecule has 2 fully saturated rings. The molecule has 0 spiro atoms. The lowest BCUT2D eigenvalue weighted by molar-refractivity contribution is -0.189. The summed E-state index contributed by atoms with van der Waals surface area (Å²) < 4.78 is 23.8. The molecule has 2 atom stereocenters. The van der Waals surface area contributed by atoms with Gasteiger partial charge in [-0.15, -0.1) is 0 Å². The van der Waals surface area contributed by atoms with Gasteiger partial charge >= 0.3 is 5.69 Å². The second-order valence-corrected chi connectivity index (χ2v) is 13.1. The Labute approximate surface area is 299 Å². The van der Waals surface area contributed by atoms with Crippen molar-refractivity contribution >= 4 is 34.6 Å². The summed E-state index contributed by atoms with van der Waals surface area (Å²) in [6.07, 6.45) is 7.49. The third-order valence-electron chi connectivity index (χ3n) is 8.95. The monoisotopic (exact) mass is 714 g/mol. The van der Waals surface area contributed by atoms with Crippen molar-refractivity contribution in [1.82, 2.24) is 23.9 Å². The second-order valence-electron chi connectivity index (χ2n) is 12.2. The average Bonchev–Trinajstić information content (AvgIpc) is 3.89. The topological polar surface area (TPSA) is 116 Å². The molecule has 0 bridgehead atoms. The molecule has 258 valence electrons. The van der Waals surface area contributed by atoms with Crippen LogP contribution in [0.2, 0.25) is 10.0 Å². The number of rotatable bonds is 12. The normalized spacial score (nSPS) is 19.1. The Morgan fingerprint density at radius 3 is 2.30 bits per heavy atom. The molecule has 0 saturated carbocycles. The number of hydrogen-bond acceptors (Lipinski definition) is 9. The molecule has 12 nitrogen and oxygen atoms in total. The molecule has 14 heteroatoms. The van der Waals surface area contributed by atoms with Gasteiger partial charge in [0.05, 0.1) is 36.3 Å². The fourth-order valence-electron chi connectivity index (χ4n) is 6.34. The maximum Gasteiger partial charge on any atom is 0.350 e. The number of imidazole rings is 1. The van der Waals surface area contributed by atoms with Crippen LogP contribution in [0.4, 0.5) is 11.4 Å². The first-order chi connectivity index (χ1) is 24.4. The van der Waals surface area contributed by atoms with E-state index in [-0.39, 0.29) is 11.8 Å². The van der Waals surface area contributed by atoms with E-state index in [9.17, 15) is 4.79 Å². The lowest BCUT2D eigenvalue weighted by Crippen LogP contribution is -2.46. The molecule has 5 aromatic rings. The Balaban J connectivity index is 0.914. The Kier molecular flexibility index (Phi) is 10.1. The molecule has 0 aliphatic carbocycles. The van der Waals surface area contributed by atoms with Gasteiger partial charge in [-0.25, -0.2) is 19.0 Å². The van der Waals surface area contributed by atoms with Gasteiger partial charge in [0, 0.05) is 73.5 Å². The zero-order valence-corrected chi connectivity index (χ0v) is 28.8. The zero-order chi connectivity index (χ0) is 34.5. The summed E-state index contributed by atoms with van der Waals surface area (Å²) in [5.74, 6) is -0.354. The van der Waals surface area contributed by atoms with Gasteiger partial charge in [0.15, 0.2) is 0 Å². The molecule has 50 heavy (non-hydrogen) atoms. The van der Waals surface area contributed by atoms with Crippen LogP contribution in [0, 0.1) is 11.3 Å². The number of nitriles is 1. The van der Waals surface area contributed by atoms with Crippen molar-refractivity contribution in [2.24, 2.45) is 0 Å². The molecule has 0 N–H and O–H groups in total. The molecule has 7 rings (SSSR count). The Morgan fingerprint density at radius 2 is 1.64 bits per heavy atom. The lowest BCUT2D eigenvalue weighted by atomic mass is 10.1. The number of benzene rings is 3. The zero-order valence-electron chi connectivity index (χ0n) is 27.3. The number of halogens is 2. The maximum absolute atomic E-state index is 12.7. The van der Waals surface area contributed by atoms with E-state index in [2.05, 4.69) is 38.1 Å². The van der Waals surface area contributed by atoms with Gasteiger partial charge in [-0.3, -0.25) is 0 Å². The quantitative estimate of drug-likeness (QED) is 0.154. The van der Waals surface area contributed by atoms with Crippen molar-refractivity contribution in [1.29, 1.82) is 5.26 Å². The van der Waals surface area contributed by atoms with E-state index in [1.54, 1.807) is 24.7 Å². The predicted octanol–water partition coefficient (Wildman–Crippen LogP) is 5.52. The molecule has 0 amide bonds. The standard InChI is InChI=1S/C36H36Cl2N8O4/c37-27-3-12-33(34(38)21-27)36(24-42-16-14-40-25-42)49-23-32(50-36)22-48-31-10-8-29(9-11-31)44-19-17-43(18-20-44)28-4-6-30(7-5-28)45-26-41-46(35(45)47)15-2-1-13-39/h3-12,14,16,21,25-26,32H,1-2,15,17-20,22-24H2/t32-,36-/m1/s1. The van der Waals surface area contributed by atoms with Crippen molar-refractivity contribution in [2.75, 3.05) is 49.2 Å². The smallest absolute Gasteiger partial charge is 0.350 e. The first-order valence-electron chi connectivity index (χ1n) is 16.5. The highest BCUT2D eigenvalue weighted by atomic mass is 35.5. The van der Waals surface area contributed by atoms with Crippen LogP contribution in [0.1, 0.15) is 18.4 Å². The molecule has 2 aliphatic rings. The summed E-state index contributed by atoms with van der Waals surface area (Å²) in [7, 11) is 0. The predicted molar refractivity (Wildman–Crippen MR) is 190 cm³/mol. The summed E-state index contributed by atoms with van der Waals surface area (Å²) in [6.45, 7) is 4.93. The maximum atomic E-state index is 12.7. The number of piperazine rings is 1. The number of aryl methyl sites for hydroxylation is 1. The number of nitrogens with zero attached hydrogens (tertiary/aromatic N) is 8. The van der Waals surface area contributed by atoms with E-state index in [1.807, 2.05) is 53.2 Å². The average molecular weight is 716 g/mol. The van der Waals surface area contributed by atoms with Gasteiger partial charge in [-0.1, -0.05) is 29.3 Å². The molecule has 2 saturated heterocycles. The fourth-order valence-corrected chi connectivity index (χ4v) is 6.89. The highest BCUT2D eigenvalue weighted by molar-refractivity contribution is 6.35. The minimum atomic E-state index is -1.10. The Hall–Kier alpha value is -4.80. The lowest BCUT2D eigenvalue weighted by Gasteiger charge is -2.37. The third kappa shape index (κ3) is 7.37. The minimum Gasteiger partial charge on any atom is -0.491 e. The van der Waals surface area contributed by atoms with Crippen LogP contribution < -0.4 is 20.2 Å². The van der Waals surface area contributed by atoms with Crippen LogP contribution >= 0.6 is 23.2 Å². The van der Waals surface area contributed by atoms with Crippen LogP contribution in [0.3, 0.4) is 0 Å². The van der Waals surface area contributed by atoms with E-state index in [0.29, 0.717) is 54.8 Å². The van der Waals surface area contributed by atoms with Crippen molar-refractivity contribution in [2.45, 2.75) is 37.8 Å². The highest BCUT2D eigenvalue weighted by Gasteiger charge is 2.45. The summed E-state index contributed by atoms with van der Waals surface area (Å²) in [5, 5.41) is 13.9. The van der Waals surface area contributed by atoms with Gasteiger partial charge in [0.2, 0.25) is 5.79 Å². The number of aromatic nitrogens is 5. The van der Waals surface area contributed by atoms with Crippen molar-refractivity contribution in [3.05, 3.63) is 118 Å². The summed E-state index contributed by atoms with van der Waals surface area (Å²) in [6, 6.07) is 23.5. The number of unbranched alkanes of at least 4 members (excludes halogenated alkanes) is 1. The van der Waals surface area contributed by atoms with Gasteiger partial charge in [-0.2, -0.15) is 10.4 Å². The molecular weight excluding hydrogens is 679 g/mol. The fraction of sp³-hybridized carbons (Fsp3) is 0.333. The highest BCUT2D eigenvalue weighted by Crippen LogP contribution is 2.40. The first-order valence-corrected chi connectivity index (χ1v) is 17.2. The van der Waals surface area contributed by atoms with Crippen LogP contribution in [-0.2, 0) is 28.4 Å². The van der Waals surface area contributed by atoms with Crippen LogP contribution in [0.15, 0.2) is 96.6 Å². The Morgan fingerprint density at radius 1 is 0.940 bits per heavy atom.